The van der Waals surface area contributed by atoms with E-state index in [1.807, 2.05) is 6.92 Å². The van der Waals surface area contributed by atoms with Crippen molar-refractivity contribution < 1.29 is 19.2 Å². The van der Waals surface area contributed by atoms with Gasteiger partial charge in [0.2, 0.25) is 5.75 Å². The average molecular weight is 429 g/mol. The average Bonchev–Trinajstić information content (AvgIpc) is 3.10. The number of hydrazone groups is 1. The van der Waals surface area contributed by atoms with Crippen LogP contribution < -0.4 is 20.6 Å². The molecule has 0 aliphatic rings. The molecule has 0 saturated carbocycles. The number of nitrogens with one attached hydrogen (secondary N) is 1. The molecule has 0 fully saturated rings. The van der Waals surface area contributed by atoms with Gasteiger partial charge in [0.25, 0.3) is 5.91 Å². The fourth-order valence-electron chi connectivity index (χ4n) is 2.63. The second kappa shape index (κ2) is 9.18. The van der Waals surface area contributed by atoms with E-state index in [2.05, 4.69) is 15.5 Å². The predicted octanol–water partition coefficient (Wildman–Crippen LogP) is 3.35. The van der Waals surface area contributed by atoms with Crippen LogP contribution in [-0.2, 0) is 0 Å². The number of nitro benzene ring substituents is 1. The second-order valence-corrected chi connectivity index (χ2v) is 7.17. The summed E-state index contributed by atoms with van der Waals surface area (Å²) < 4.78 is 11.5. The van der Waals surface area contributed by atoms with E-state index < -0.39 is 10.8 Å². The summed E-state index contributed by atoms with van der Waals surface area (Å²) in [5, 5.41) is 15.7. The first kappa shape index (κ1) is 21.0. The number of ether oxygens (including phenoxy) is 2. The lowest BCUT2D eigenvalue weighted by Crippen LogP contribution is -2.17. The van der Waals surface area contributed by atoms with E-state index in [1.54, 1.807) is 24.3 Å². The summed E-state index contributed by atoms with van der Waals surface area (Å²) in [6.45, 7) is 2.21. The van der Waals surface area contributed by atoms with Gasteiger partial charge in [-0.1, -0.05) is 18.3 Å². The molecule has 11 heteroatoms. The Morgan fingerprint density at radius 1 is 1.40 bits per heavy atom. The minimum Gasteiger partial charge on any atom is -0.493 e. The zero-order chi connectivity index (χ0) is 21.7. The van der Waals surface area contributed by atoms with Crippen LogP contribution in [0.3, 0.4) is 0 Å². The lowest BCUT2D eigenvalue weighted by Gasteiger charge is -2.11. The molecule has 0 atom stereocenters. The van der Waals surface area contributed by atoms with E-state index >= 15 is 0 Å². The maximum atomic E-state index is 12.3. The van der Waals surface area contributed by atoms with Crippen LogP contribution in [0.15, 0.2) is 35.4 Å². The number of nitrogen functional groups attached to an aromatic ring is 1. The molecule has 0 radical (unpaired) electrons. The molecule has 0 aliphatic heterocycles. The summed E-state index contributed by atoms with van der Waals surface area (Å²) in [5.41, 5.74) is 9.29. The first-order chi connectivity index (χ1) is 14.4. The Labute approximate surface area is 175 Å². The van der Waals surface area contributed by atoms with Crippen molar-refractivity contribution in [2.24, 2.45) is 5.10 Å². The highest BCUT2D eigenvalue weighted by Gasteiger charge is 2.22. The highest BCUT2D eigenvalue weighted by molar-refractivity contribution is 7.22. The quantitative estimate of drug-likeness (QED) is 0.318. The molecule has 0 saturated heterocycles. The third kappa shape index (κ3) is 4.63. The number of nitro groups is 1. The summed E-state index contributed by atoms with van der Waals surface area (Å²) in [4.78, 5) is 27.3. The van der Waals surface area contributed by atoms with Crippen LogP contribution in [0.25, 0.3) is 10.2 Å². The second-order valence-electron chi connectivity index (χ2n) is 6.11. The maximum absolute atomic E-state index is 12.3. The van der Waals surface area contributed by atoms with E-state index in [0.717, 1.165) is 4.70 Å². The van der Waals surface area contributed by atoms with Crippen molar-refractivity contribution in [2.45, 2.75) is 13.3 Å². The Morgan fingerprint density at radius 3 is 2.90 bits per heavy atom. The van der Waals surface area contributed by atoms with Crippen molar-refractivity contribution in [3.05, 3.63) is 51.6 Å². The van der Waals surface area contributed by atoms with Crippen molar-refractivity contribution in [2.75, 3.05) is 19.5 Å². The summed E-state index contributed by atoms with van der Waals surface area (Å²) in [7, 11) is 1.39. The lowest BCUT2D eigenvalue weighted by atomic mass is 10.2. The number of hydrogen-bond acceptors (Lipinski definition) is 9. The van der Waals surface area contributed by atoms with Crippen LogP contribution in [0.2, 0.25) is 0 Å². The van der Waals surface area contributed by atoms with Crippen LogP contribution in [0.4, 0.5) is 10.8 Å². The Morgan fingerprint density at radius 2 is 2.20 bits per heavy atom. The van der Waals surface area contributed by atoms with Crippen LogP contribution in [0.5, 0.6) is 11.5 Å². The van der Waals surface area contributed by atoms with Gasteiger partial charge < -0.3 is 15.2 Å². The molecule has 3 N–H and O–H groups in total. The Hall–Kier alpha value is -3.73. The number of aromatic nitrogens is 1. The molecule has 10 nitrogen and oxygen atoms in total. The molecule has 3 rings (SSSR count). The summed E-state index contributed by atoms with van der Waals surface area (Å²) in [5.74, 6) is -0.175. The predicted molar refractivity (Wildman–Crippen MR) is 115 cm³/mol. The van der Waals surface area contributed by atoms with Gasteiger partial charge in [0, 0.05) is 17.2 Å². The third-order valence-corrected chi connectivity index (χ3v) is 4.82. The number of amides is 1. The zero-order valence-electron chi connectivity index (χ0n) is 16.2. The van der Waals surface area contributed by atoms with Crippen LogP contribution in [0.1, 0.15) is 29.3 Å². The highest BCUT2D eigenvalue weighted by atomic mass is 32.1. The summed E-state index contributed by atoms with van der Waals surface area (Å²) >= 11 is 1.28. The van der Waals surface area contributed by atoms with E-state index in [4.69, 9.17) is 15.2 Å². The number of benzene rings is 2. The number of rotatable bonds is 8. The minimum absolute atomic E-state index is 0.0580. The molecule has 0 bridgehead atoms. The lowest BCUT2D eigenvalue weighted by molar-refractivity contribution is -0.386. The van der Waals surface area contributed by atoms with E-state index in [9.17, 15) is 14.9 Å². The fourth-order valence-corrected chi connectivity index (χ4v) is 3.41. The van der Waals surface area contributed by atoms with Gasteiger partial charge >= 0.3 is 5.69 Å². The number of methoxy groups -OCH3 is 1. The SMILES string of the molecule is CCCOc1c(OC)cc(/C=N\NC(=O)c2ccc3nc(N)sc3c2)cc1[N+](=O)[O-]. The first-order valence-corrected chi connectivity index (χ1v) is 9.73. The van der Waals surface area contributed by atoms with Crippen molar-refractivity contribution in [3.8, 4) is 11.5 Å². The van der Waals surface area contributed by atoms with Gasteiger partial charge in [0.1, 0.15) is 0 Å². The molecule has 3 aromatic rings. The third-order valence-electron chi connectivity index (χ3n) is 3.97. The molecule has 156 valence electrons. The van der Waals surface area contributed by atoms with Crippen molar-refractivity contribution in [1.82, 2.24) is 10.4 Å². The van der Waals surface area contributed by atoms with Gasteiger partial charge in [0.15, 0.2) is 10.9 Å². The van der Waals surface area contributed by atoms with Crippen LogP contribution >= 0.6 is 11.3 Å². The number of carbonyl (C=O) groups is 1. The number of nitrogens with two attached hydrogens (primary N) is 1. The fraction of sp³-hybridized carbons (Fsp3) is 0.211. The van der Waals surface area contributed by atoms with E-state index in [-0.39, 0.29) is 17.2 Å². The van der Waals surface area contributed by atoms with Crippen molar-refractivity contribution in [3.63, 3.8) is 0 Å². The maximum Gasteiger partial charge on any atom is 0.315 e. The van der Waals surface area contributed by atoms with Crippen LogP contribution in [0, 0.1) is 10.1 Å². The number of nitrogens with zero attached hydrogens (tertiary/aromatic N) is 3. The Kier molecular flexibility index (Phi) is 6.42. The first-order valence-electron chi connectivity index (χ1n) is 8.91. The highest BCUT2D eigenvalue weighted by Crippen LogP contribution is 2.38. The molecule has 2 aromatic carbocycles. The molecular formula is C19H19N5O5S. The smallest absolute Gasteiger partial charge is 0.315 e. The number of hydrogen-bond donors (Lipinski definition) is 2. The number of anilines is 1. The number of thiazole rings is 1. The van der Waals surface area contributed by atoms with Crippen molar-refractivity contribution in [1.29, 1.82) is 0 Å². The van der Waals surface area contributed by atoms with Crippen molar-refractivity contribution >= 4 is 44.5 Å². The van der Waals surface area contributed by atoms with Gasteiger partial charge in [-0.25, -0.2) is 10.4 Å². The molecule has 1 heterocycles. The Bertz CT molecular complexity index is 1130. The standard InChI is InChI=1S/C19H19N5O5S/c1-3-6-29-17-14(24(26)27)7-11(8-15(17)28-2)10-21-23-18(25)12-4-5-13-16(9-12)30-19(20)22-13/h4-5,7-10H,3,6H2,1-2H3,(H2,20,22)(H,23,25)/b21-10-. The van der Waals surface area contributed by atoms with Gasteiger partial charge in [-0.15, -0.1) is 0 Å². The molecular weight excluding hydrogens is 410 g/mol. The molecule has 1 aromatic heterocycles. The van der Waals surface area contributed by atoms with Gasteiger partial charge in [-0.3, -0.25) is 14.9 Å². The topological polar surface area (TPSA) is 142 Å². The Balaban J connectivity index is 1.79. The van der Waals surface area contributed by atoms with E-state index in [1.165, 1.54) is 30.7 Å². The van der Waals surface area contributed by atoms with E-state index in [0.29, 0.717) is 34.8 Å². The van der Waals surface area contributed by atoms with Gasteiger partial charge in [0.05, 0.1) is 35.1 Å². The largest absolute Gasteiger partial charge is 0.493 e. The van der Waals surface area contributed by atoms with Crippen LogP contribution in [-0.4, -0.2) is 35.7 Å². The molecule has 0 unspecified atom stereocenters. The summed E-state index contributed by atoms with van der Waals surface area (Å²) in [6.07, 6.45) is 1.98. The monoisotopic (exact) mass is 429 g/mol. The minimum atomic E-state index is -0.556. The summed E-state index contributed by atoms with van der Waals surface area (Å²) in [6, 6.07) is 7.82. The zero-order valence-corrected chi connectivity index (χ0v) is 17.1. The molecule has 0 spiro atoms. The number of fused-ring (bicyclic) bond motifs is 1. The van der Waals surface area contributed by atoms with Gasteiger partial charge in [-0.2, -0.15) is 5.10 Å². The van der Waals surface area contributed by atoms with Gasteiger partial charge in [-0.05, 0) is 30.7 Å². The normalized spacial score (nSPS) is 11.0. The molecule has 0 aliphatic carbocycles. The molecule has 1 amide bonds. The molecule has 30 heavy (non-hydrogen) atoms. The number of carbonyl (C=O) groups excluding carboxylic acids is 1.